The molecule has 160 valence electrons. The van der Waals surface area contributed by atoms with Gasteiger partial charge in [-0.25, -0.2) is 4.79 Å². The zero-order chi connectivity index (χ0) is 22.5. The molecule has 4 N–H and O–H groups in total. The van der Waals surface area contributed by atoms with Gasteiger partial charge in [-0.2, -0.15) is 0 Å². The molecule has 31 heavy (non-hydrogen) atoms. The Balaban J connectivity index is 1.62. The summed E-state index contributed by atoms with van der Waals surface area (Å²) >= 11 is 6.19. The number of amidine groups is 1. The molecule has 0 aliphatic carbocycles. The van der Waals surface area contributed by atoms with Crippen LogP contribution in [0.3, 0.4) is 0 Å². The Kier molecular flexibility index (Phi) is 6.82. The number of halogens is 1. The van der Waals surface area contributed by atoms with E-state index in [9.17, 15) is 4.79 Å². The highest BCUT2D eigenvalue weighted by Gasteiger charge is 2.11. The second-order valence-electron chi connectivity index (χ2n) is 7.23. The van der Waals surface area contributed by atoms with Gasteiger partial charge in [-0.05, 0) is 73.4 Å². The molecule has 0 saturated carbocycles. The van der Waals surface area contributed by atoms with Crippen molar-refractivity contribution < 1.29 is 14.4 Å². The maximum atomic E-state index is 12.3. The average Bonchev–Trinajstić information content (AvgIpc) is 2.76. The monoisotopic (exact) mass is 437 g/mol. The van der Waals surface area contributed by atoms with E-state index in [2.05, 4.69) is 5.16 Å². The molecule has 0 amide bonds. The van der Waals surface area contributed by atoms with Gasteiger partial charge in [-0.15, -0.1) is 0 Å². The largest absolute Gasteiger partial charge is 0.489 e. The van der Waals surface area contributed by atoms with Crippen LogP contribution in [0.5, 0.6) is 5.75 Å². The minimum atomic E-state index is -0.610. The molecular weight excluding hydrogens is 414 g/mol. The van der Waals surface area contributed by atoms with Crippen LogP contribution >= 0.6 is 11.6 Å². The average molecular weight is 438 g/mol. The fourth-order valence-electron chi connectivity index (χ4n) is 3.02. The number of hydrogen-bond acceptors (Lipinski definition) is 5. The van der Waals surface area contributed by atoms with Crippen molar-refractivity contribution in [1.82, 2.24) is 0 Å². The smallest absolute Gasteiger partial charge is 0.365 e. The Morgan fingerprint density at radius 1 is 1.03 bits per heavy atom. The number of carbonyl (C=O) groups excluding carboxylic acids is 1. The summed E-state index contributed by atoms with van der Waals surface area (Å²) in [5, 5.41) is 4.49. The number of rotatable bonds is 6. The first-order valence-corrected chi connectivity index (χ1v) is 10.0. The van der Waals surface area contributed by atoms with Crippen molar-refractivity contribution >= 4 is 29.1 Å². The van der Waals surface area contributed by atoms with Crippen molar-refractivity contribution in [1.29, 1.82) is 0 Å². The molecule has 0 saturated heterocycles. The number of aryl methyl sites for hydroxylation is 2. The molecule has 7 heteroatoms. The standard InChI is InChI=1S/C24H24ClN3O3/c1-14-11-19(12-15(2)22(14)25)30-13-17-7-9-18(10-8-17)24(29)31-28-23(27)20-5-4-6-21(26)16(20)3/h4-12H,13,26H2,1-3H3,(H2,27,28). The van der Waals surface area contributed by atoms with Gasteiger partial charge >= 0.3 is 5.97 Å². The zero-order valence-corrected chi connectivity index (χ0v) is 18.4. The van der Waals surface area contributed by atoms with Crippen molar-refractivity contribution in [3.05, 3.63) is 93.0 Å². The number of nitrogens with zero attached hydrogens (tertiary/aromatic N) is 1. The molecule has 0 aliphatic heterocycles. The fourth-order valence-corrected chi connectivity index (χ4v) is 3.13. The molecule has 0 spiro atoms. The third-order valence-electron chi connectivity index (χ3n) is 4.88. The number of nitrogen functional groups attached to an aromatic ring is 1. The molecule has 0 fully saturated rings. The van der Waals surface area contributed by atoms with E-state index in [0.717, 1.165) is 33.0 Å². The lowest BCUT2D eigenvalue weighted by Gasteiger charge is -2.10. The van der Waals surface area contributed by atoms with E-state index in [0.29, 0.717) is 23.4 Å². The molecular formula is C24H24ClN3O3. The molecule has 0 bridgehead atoms. The molecule has 0 aliphatic rings. The van der Waals surface area contributed by atoms with Crippen molar-refractivity contribution in [3.8, 4) is 5.75 Å². The van der Waals surface area contributed by atoms with E-state index in [4.69, 9.17) is 32.6 Å². The molecule has 6 nitrogen and oxygen atoms in total. The summed E-state index contributed by atoms with van der Waals surface area (Å²) in [4.78, 5) is 17.3. The Morgan fingerprint density at radius 3 is 2.32 bits per heavy atom. The third kappa shape index (κ3) is 5.35. The minimum absolute atomic E-state index is 0.0803. The van der Waals surface area contributed by atoms with Crippen LogP contribution in [0.25, 0.3) is 0 Å². The van der Waals surface area contributed by atoms with Crippen LogP contribution in [0.15, 0.2) is 59.8 Å². The summed E-state index contributed by atoms with van der Waals surface area (Å²) in [6, 6.07) is 16.0. The Labute approximate surface area is 186 Å². The highest BCUT2D eigenvalue weighted by atomic mass is 35.5. The summed E-state index contributed by atoms with van der Waals surface area (Å²) < 4.78 is 5.83. The first-order chi connectivity index (χ1) is 14.8. The van der Waals surface area contributed by atoms with Crippen LogP contribution in [0.2, 0.25) is 5.02 Å². The number of hydrogen-bond donors (Lipinski definition) is 2. The summed E-state index contributed by atoms with van der Waals surface area (Å²) in [5.74, 6) is 0.210. The number of oxime groups is 1. The molecule has 0 atom stereocenters. The van der Waals surface area contributed by atoms with Crippen molar-refractivity contribution in [3.63, 3.8) is 0 Å². The van der Waals surface area contributed by atoms with Gasteiger partial charge in [0.05, 0.1) is 5.56 Å². The van der Waals surface area contributed by atoms with Crippen LogP contribution in [-0.2, 0) is 11.4 Å². The van der Waals surface area contributed by atoms with Gasteiger partial charge in [0.15, 0.2) is 5.84 Å². The Morgan fingerprint density at radius 2 is 1.68 bits per heavy atom. The van der Waals surface area contributed by atoms with Crippen molar-refractivity contribution in [2.75, 3.05) is 5.73 Å². The second-order valence-corrected chi connectivity index (χ2v) is 7.61. The van der Waals surface area contributed by atoms with E-state index < -0.39 is 5.97 Å². The quantitative estimate of drug-likeness (QED) is 0.188. The summed E-state index contributed by atoms with van der Waals surface area (Å²) in [6.07, 6.45) is 0. The number of ether oxygens (including phenoxy) is 1. The SMILES string of the molecule is Cc1cc(OCc2ccc(C(=O)O/N=C(\N)c3cccc(N)c3C)cc2)cc(C)c1Cl. The summed E-state index contributed by atoms with van der Waals surface area (Å²) in [5.41, 5.74) is 17.0. The normalized spacial score (nSPS) is 11.3. The second kappa shape index (κ2) is 9.53. The van der Waals surface area contributed by atoms with Crippen molar-refractivity contribution in [2.24, 2.45) is 10.9 Å². The number of anilines is 1. The van der Waals surface area contributed by atoms with Crippen LogP contribution < -0.4 is 16.2 Å². The summed E-state index contributed by atoms with van der Waals surface area (Å²) in [7, 11) is 0. The topological polar surface area (TPSA) is 99.9 Å². The van der Waals surface area contributed by atoms with E-state index in [1.165, 1.54) is 0 Å². The third-order valence-corrected chi connectivity index (χ3v) is 5.48. The molecule has 3 aromatic rings. The first kappa shape index (κ1) is 22.2. The lowest BCUT2D eigenvalue weighted by Crippen LogP contribution is -2.17. The van der Waals surface area contributed by atoms with Crippen LogP contribution in [0.4, 0.5) is 5.69 Å². The molecule has 0 heterocycles. The van der Waals surface area contributed by atoms with Gasteiger partial charge in [-0.3, -0.25) is 0 Å². The van der Waals surface area contributed by atoms with E-state index in [1.54, 1.807) is 42.5 Å². The molecule has 0 radical (unpaired) electrons. The Hall–Kier alpha value is -3.51. The maximum Gasteiger partial charge on any atom is 0.365 e. The maximum absolute atomic E-state index is 12.3. The molecule has 3 rings (SSSR count). The highest BCUT2D eigenvalue weighted by molar-refractivity contribution is 6.32. The van der Waals surface area contributed by atoms with E-state index in [-0.39, 0.29) is 5.84 Å². The molecule has 0 aromatic heterocycles. The van der Waals surface area contributed by atoms with Gasteiger partial charge in [0, 0.05) is 16.3 Å². The minimum Gasteiger partial charge on any atom is -0.489 e. The van der Waals surface area contributed by atoms with Gasteiger partial charge in [-0.1, -0.05) is 41.0 Å². The van der Waals surface area contributed by atoms with E-state index in [1.807, 2.05) is 32.9 Å². The van der Waals surface area contributed by atoms with Gasteiger partial charge in [0.2, 0.25) is 0 Å². The highest BCUT2D eigenvalue weighted by Crippen LogP contribution is 2.26. The summed E-state index contributed by atoms with van der Waals surface area (Å²) in [6.45, 7) is 6.05. The van der Waals surface area contributed by atoms with Crippen LogP contribution in [0, 0.1) is 20.8 Å². The lowest BCUT2D eigenvalue weighted by atomic mass is 10.1. The van der Waals surface area contributed by atoms with E-state index >= 15 is 0 Å². The first-order valence-electron chi connectivity index (χ1n) is 9.65. The van der Waals surface area contributed by atoms with Crippen LogP contribution in [-0.4, -0.2) is 11.8 Å². The van der Waals surface area contributed by atoms with Crippen molar-refractivity contribution in [2.45, 2.75) is 27.4 Å². The fraction of sp³-hybridized carbons (Fsp3) is 0.167. The number of nitrogens with two attached hydrogens (primary N) is 2. The van der Waals surface area contributed by atoms with Gasteiger partial charge in [0.1, 0.15) is 12.4 Å². The molecule has 0 unspecified atom stereocenters. The lowest BCUT2D eigenvalue weighted by molar-refractivity contribution is 0.0516. The number of benzene rings is 3. The van der Waals surface area contributed by atoms with Crippen LogP contribution in [0.1, 0.15) is 38.2 Å². The molecule has 3 aromatic carbocycles. The predicted octanol–water partition coefficient (Wildman–Crippen LogP) is 4.90. The Bertz CT molecular complexity index is 1120. The number of carbonyl (C=O) groups is 1. The predicted molar refractivity (Wildman–Crippen MR) is 123 cm³/mol. The van der Waals surface area contributed by atoms with Gasteiger partial charge in [0.25, 0.3) is 0 Å². The van der Waals surface area contributed by atoms with Gasteiger partial charge < -0.3 is 21.0 Å². The zero-order valence-electron chi connectivity index (χ0n) is 17.6.